The molecule has 6 heteroatoms. The highest BCUT2D eigenvalue weighted by Gasteiger charge is 2.43. The normalized spacial score (nSPS) is 23.9. The Labute approximate surface area is 141 Å². The van der Waals surface area contributed by atoms with Crippen LogP contribution < -0.4 is 10.6 Å². The molecule has 24 heavy (non-hydrogen) atoms. The van der Waals surface area contributed by atoms with Crippen LogP contribution in [-0.2, 0) is 19.7 Å². The van der Waals surface area contributed by atoms with Crippen LogP contribution >= 0.6 is 0 Å². The van der Waals surface area contributed by atoms with E-state index in [0.29, 0.717) is 39.0 Å². The Morgan fingerprint density at radius 2 is 1.92 bits per heavy atom. The molecule has 0 saturated carbocycles. The van der Waals surface area contributed by atoms with E-state index in [9.17, 15) is 14.0 Å². The maximum absolute atomic E-state index is 13.3. The minimum absolute atomic E-state index is 0.123. The number of carbonyl (C=O) groups excluding carboxylic acids is 2. The molecule has 0 radical (unpaired) electrons. The monoisotopic (exact) mass is 334 g/mol. The number of halogens is 1. The van der Waals surface area contributed by atoms with Crippen LogP contribution in [-0.4, -0.2) is 37.6 Å². The molecule has 1 atom stereocenters. The molecule has 0 aromatic heterocycles. The summed E-state index contributed by atoms with van der Waals surface area (Å²) in [5.74, 6) is -0.619. The summed E-state index contributed by atoms with van der Waals surface area (Å²) in [5, 5.41) is 5.77. The first-order valence-electron chi connectivity index (χ1n) is 8.54. The number of amides is 2. The fourth-order valence-corrected chi connectivity index (χ4v) is 3.51. The predicted molar refractivity (Wildman–Crippen MR) is 86.9 cm³/mol. The molecule has 0 spiro atoms. The van der Waals surface area contributed by atoms with Gasteiger partial charge in [-0.1, -0.05) is 12.1 Å². The van der Waals surface area contributed by atoms with Gasteiger partial charge in [-0.15, -0.1) is 0 Å². The average molecular weight is 334 g/mol. The predicted octanol–water partition coefficient (Wildman–Crippen LogP) is 1.66. The Hall–Kier alpha value is -1.95. The molecule has 0 aliphatic carbocycles. The third kappa shape index (κ3) is 3.43. The molecule has 0 bridgehead atoms. The lowest BCUT2D eigenvalue weighted by molar-refractivity contribution is -0.134. The molecule has 5 nitrogen and oxygen atoms in total. The number of nitrogens with one attached hydrogen (secondary N) is 2. The molecule has 130 valence electrons. The van der Waals surface area contributed by atoms with E-state index < -0.39 is 11.5 Å². The van der Waals surface area contributed by atoms with E-state index in [1.54, 1.807) is 12.1 Å². The van der Waals surface area contributed by atoms with Crippen LogP contribution in [0.1, 0.15) is 37.7 Å². The highest BCUT2D eigenvalue weighted by atomic mass is 19.1. The van der Waals surface area contributed by atoms with Crippen LogP contribution in [0.3, 0.4) is 0 Å². The molecule has 2 N–H and O–H groups in total. The second kappa shape index (κ2) is 7.30. The van der Waals surface area contributed by atoms with Gasteiger partial charge in [0.15, 0.2) is 0 Å². The molecule has 1 aromatic rings. The van der Waals surface area contributed by atoms with E-state index in [0.717, 1.165) is 18.4 Å². The second-order valence-corrected chi connectivity index (χ2v) is 6.51. The van der Waals surface area contributed by atoms with Gasteiger partial charge in [0.05, 0.1) is 5.41 Å². The van der Waals surface area contributed by atoms with Gasteiger partial charge in [0.1, 0.15) is 11.9 Å². The first kappa shape index (κ1) is 16.9. The van der Waals surface area contributed by atoms with E-state index in [1.165, 1.54) is 12.1 Å². The summed E-state index contributed by atoms with van der Waals surface area (Å²) in [5.41, 5.74) is 0.0113. The fraction of sp³-hybridized carbons (Fsp3) is 0.556. The molecule has 1 aromatic carbocycles. The summed E-state index contributed by atoms with van der Waals surface area (Å²) >= 11 is 0. The Balaban J connectivity index is 1.83. The molecular weight excluding hydrogens is 311 g/mol. The van der Waals surface area contributed by atoms with Gasteiger partial charge in [0.2, 0.25) is 11.8 Å². The lowest BCUT2D eigenvalue weighted by atomic mass is 9.73. The van der Waals surface area contributed by atoms with Gasteiger partial charge >= 0.3 is 0 Å². The van der Waals surface area contributed by atoms with Crippen molar-refractivity contribution in [1.82, 2.24) is 10.6 Å². The lowest BCUT2D eigenvalue weighted by Crippen LogP contribution is -2.54. The van der Waals surface area contributed by atoms with E-state index in [1.807, 2.05) is 0 Å². The maximum atomic E-state index is 13.3. The maximum Gasteiger partial charge on any atom is 0.242 e. The van der Waals surface area contributed by atoms with E-state index >= 15 is 0 Å². The van der Waals surface area contributed by atoms with Gasteiger partial charge in [0.25, 0.3) is 0 Å². The second-order valence-electron chi connectivity index (χ2n) is 6.51. The summed E-state index contributed by atoms with van der Waals surface area (Å²) in [7, 11) is 0. The average Bonchev–Trinajstić information content (AvgIpc) is 2.81. The molecule has 2 amide bonds. The quantitative estimate of drug-likeness (QED) is 0.883. The fourth-order valence-electron chi connectivity index (χ4n) is 3.51. The molecule has 2 aliphatic rings. The van der Waals surface area contributed by atoms with Gasteiger partial charge in [0, 0.05) is 19.8 Å². The zero-order valence-electron chi connectivity index (χ0n) is 13.6. The highest BCUT2D eigenvalue weighted by molar-refractivity contribution is 5.93. The van der Waals surface area contributed by atoms with Crippen LogP contribution in [0.25, 0.3) is 0 Å². The van der Waals surface area contributed by atoms with Gasteiger partial charge in [-0.25, -0.2) is 4.39 Å². The SMILES string of the molecule is O=C1NCCCCC1NC(=O)C1(c2ccc(F)cc2)CCOCC1. The van der Waals surface area contributed by atoms with Crippen molar-refractivity contribution < 1.29 is 18.7 Å². The van der Waals surface area contributed by atoms with Crippen molar-refractivity contribution in [3.05, 3.63) is 35.6 Å². The van der Waals surface area contributed by atoms with Gasteiger partial charge in [-0.05, 0) is 49.8 Å². The van der Waals surface area contributed by atoms with E-state index in [2.05, 4.69) is 10.6 Å². The zero-order chi connectivity index (χ0) is 17.0. The van der Waals surface area contributed by atoms with Crippen molar-refractivity contribution in [2.24, 2.45) is 0 Å². The number of hydrogen-bond donors (Lipinski definition) is 2. The van der Waals surface area contributed by atoms with Gasteiger partial charge in [-0.3, -0.25) is 9.59 Å². The Kier molecular flexibility index (Phi) is 5.14. The number of rotatable bonds is 3. The van der Waals surface area contributed by atoms with Crippen LogP contribution in [0.5, 0.6) is 0 Å². The molecule has 1 unspecified atom stereocenters. The summed E-state index contributed by atoms with van der Waals surface area (Å²) in [6, 6.07) is 5.57. The Morgan fingerprint density at radius 1 is 1.21 bits per heavy atom. The summed E-state index contributed by atoms with van der Waals surface area (Å²) < 4.78 is 18.7. The van der Waals surface area contributed by atoms with Crippen LogP contribution in [0, 0.1) is 5.82 Å². The molecular formula is C18H23FN2O3. The Bertz CT molecular complexity index is 597. The number of hydrogen-bond acceptors (Lipinski definition) is 3. The minimum Gasteiger partial charge on any atom is -0.381 e. The molecule has 3 rings (SSSR count). The topological polar surface area (TPSA) is 67.4 Å². The lowest BCUT2D eigenvalue weighted by Gasteiger charge is -2.37. The van der Waals surface area contributed by atoms with Crippen molar-refractivity contribution in [2.45, 2.75) is 43.6 Å². The van der Waals surface area contributed by atoms with E-state index in [-0.39, 0.29) is 17.6 Å². The standard InChI is InChI=1S/C18H23FN2O3/c19-14-6-4-13(5-7-14)18(8-11-24-12-9-18)17(23)21-15-3-1-2-10-20-16(15)22/h4-7,15H,1-3,8-12H2,(H,20,22)(H,21,23). The number of benzene rings is 1. The number of carbonyl (C=O) groups is 2. The summed E-state index contributed by atoms with van der Waals surface area (Å²) in [6.07, 6.45) is 3.52. The Morgan fingerprint density at radius 3 is 2.62 bits per heavy atom. The molecule has 2 heterocycles. The van der Waals surface area contributed by atoms with Crippen molar-refractivity contribution in [3.8, 4) is 0 Å². The molecule has 2 fully saturated rings. The first-order chi connectivity index (χ1) is 11.6. The first-order valence-corrected chi connectivity index (χ1v) is 8.54. The largest absolute Gasteiger partial charge is 0.381 e. The highest BCUT2D eigenvalue weighted by Crippen LogP contribution is 2.35. The van der Waals surface area contributed by atoms with Crippen molar-refractivity contribution >= 4 is 11.8 Å². The van der Waals surface area contributed by atoms with Gasteiger partial charge in [-0.2, -0.15) is 0 Å². The van der Waals surface area contributed by atoms with E-state index in [4.69, 9.17) is 4.74 Å². The summed E-state index contributed by atoms with van der Waals surface area (Å²) in [6.45, 7) is 1.60. The van der Waals surface area contributed by atoms with Crippen LogP contribution in [0.4, 0.5) is 4.39 Å². The van der Waals surface area contributed by atoms with Gasteiger partial charge < -0.3 is 15.4 Å². The molecule has 2 saturated heterocycles. The third-order valence-corrected chi connectivity index (χ3v) is 5.02. The minimum atomic E-state index is -0.765. The number of ether oxygens (including phenoxy) is 1. The van der Waals surface area contributed by atoms with Crippen molar-refractivity contribution in [2.75, 3.05) is 19.8 Å². The van der Waals surface area contributed by atoms with Crippen molar-refractivity contribution in [1.29, 1.82) is 0 Å². The third-order valence-electron chi connectivity index (χ3n) is 5.02. The molecule has 2 aliphatic heterocycles. The van der Waals surface area contributed by atoms with Crippen molar-refractivity contribution in [3.63, 3.8) is 0 Å². The van der Waals surface area contributed by atoms with Crippen LogP contribution in [0.15, 0.2) is 24.3 Å². The van der Waals surface area contributed by atoms with Crippen LogP contribution in [0.2, 0.25) is 0 Å². The summed E-state index contributed by atoms with van der Waals surface area (Å²) in [4.78, 5) is 25.2. The zero-order valence-corrected chi connectivity index (χ0v) is 13.6. The smallest absolute Gasteiger partial charge is 0.242 e.